The number of hydrogen-bond donors (Lipinski definition) is 2. The van der Waals surface area contributed by atoms with Gasteiger partial charge in [0.2, 0.25) is 0 Å². The van der Waals surface area contributed by atoms with Crippen LogP contribution in [-0.2, 0) is 13.1 Å². The highest BCUT2D eigenvalue weighted by Crippen LogP contribution is 2.11. The lowest BCUT2D eigenvalue weighted by Crippen LogP contribution is -2.40. The molecule has 4 rings (SSSR count). The molecular weight excluding hydrogens is 422 g/mol. The van der Waals surface area contributed by atoms with Gasteiger partial charge in [0.05, 0.1) is 0 Å². The molecule has 7 heteroatoms. The Kier molecular flexibility index (Phi) is 11.9. The highest BCUT2D eigenvalue weighted by atomic mass is 19.1. The van der Waals surface area contributed by atoms with Gasteiger partial charge in [-0.1, -0.05) is 24.3 Å². The number of nitrogens with zero attached hydrogens (tertiary/aromatic N) is 2. The van der Waals surface area contributed by atoms with Crippen molar-refractivity contribution in [3.8, 4) is 0 Å². The zero-order chi connectivity index (χ0) is 22.8. The summed E-state index contributed by atoms with van der Waals surface area (Å²) in [6, 6.07) is 14.7. The first-order chi connectivity index (χ1) is 15.5. The number of likely N-dealkylation sites (tertiary alicyclic amines) is 2. The Balaban J connectivity index is 0.000000227. The lowest BCUT2D eigenvalue weighted by Gasteiger charge is -2.29. The van der Waals surface area contributed by atoms with Gasteiger partial charge in [0.25, 0.3) is 0 Å². The van der Waals surface area contributed by atoms with Crippen LogP contribution in [0.2, 0.25) is 0 Å². The van der Waals surface area contributed by atoms with Gasteiger partial charge >= 0.3 is 0 Å². The first-order valence-corrected chi connectivity index (χ1v) is 11.8. The molecule has 0 spiro atoms. The van der Waals surface area contributed by atoms with E-state index in [0.29, 0.717) is 12.1 Å². The predicted molar refractivity (Wildman–Crippen MR) is 131 cm³/mol. The van der Waals surface area contributed by atoms with Crippen molar-refractivity contribution in [1.82, 2.24) is 20.4 Å². The zero-order valence-electron chi connectivity index (χ0n) is 20.0. The molecule has 5 nitrogen and oxygen atoms in total. The Labute approximate surface area is 197 Å². The number of piperidine rings is 2. The molecule has 0 aromatic heterocycles. The van der Waals surface area contributed by atoms with Crippen LogP contribution in [0.25, 0.3) is 0 Å². The summed E-state index contributed by atoms with van der Waals surface area (Å²) < 4.78 is 25.4. The van der Waals surface area contributed by atoms with Crippen molar-refractivity contribution in [2.24, 2.45) is 0 Å². The van der Waals surface area contributed by atoms with Gasteiger partial charge in [0.1, 0.15) is 11.6 Å². The second-order valence-electron chi connectivity index (χ2n) is 9.17. The minimum Gasteiger partial charge on any atom is -0.412 e. The van der Waals surface area contributed by atoms with Crippen LogP contribution in [-0.4, -0.2) is 67.6 Å². The summed E-state index contributed by atoms with van der Waals surface area (Å²) in [6.45, 7) is 6.35. The van der Waals surface area contributed by atoms with Gasteiger partial charge in [0.15, 0.2) is 0 Å². The van der Waals surface area contributed by atoms with Crippen molar-refractivity contribution < 1.29 is 14.3 Å². The maximum Gasteiger partial charge on any atom is 0.123 e. The normalized spacial score (nSPS) is 18.3. The van der Waals surface area contributed by atoms with Crippen molar-refractivity contribution in [3.05, 3.63) is 71.3 Å². The predicted octanol–water partition coefficient (Wildman–Crippen LogP) is 3.19. The van der Waals surface area contributed by atoms with E-state index in [1.165, 1.54) is 76.1 Å². The molecule has 0 bridgehead atoms. The Hall–Kier alpha value is -1.90. The van der Waals surface area contributed by atoms with Crippen LogP contribution < -0.4 is 10.6 Å². The Bertz CT molecular complexity index is 704. The minimum absolute atomic E-state index is 0. The van der Waals surface area contributed by atoms with E-state index < -0.39 is 0 Å². The molecule has 0 saturated carbocycles. The molecule has 33 heavy (non-hydrogen) atoms. The number of halogens is 2. The molecule has 2 aliphatic heterocycles. The maximum atomic E-state index is 12.7. The third kappa shape index (κ3) is 10.3. The van der Waals surface area contributed by atoms with Crippen LogP contribution in [0.5, 0.6) is 0 Å². The molecule has 2 saturated heterocycles. The van der Waals surface area contributed by atoms with Crippen molar-refractivity contribution in [3.63, 3.8) is 0 Å². The number of benzene rings is 2. The largest absolute Gasteiger partial charge is 0.412 e. The van der Waals surface area contributed by atoms with Gasteiger partial charge in [-0.3, -0.25) is 0 Å². The average Bonchev–Trinajstić information content (AvgIpc) is 2.81. The molecule has 2 aliphatic rings. The molecule has 0 aliphatic carbocycles. The lowest BCUT2D eigenvalue weighted by atomic mass is 10.1. The minimum atomic E-state index is -0.164. The first-order valence-electron chi connectivity index (χ1n) is 11.8. The third-order valence-electron chi connectivity index (χ3n) is 6.45. The van der Waals surface area contributed by atoms with Crippen molar-refractivity contribution in [2.45, 2.75) is 50.9 Å². The first kappa shape index (κ1) is 27.3. The van der Waals surface area contributed by atoms with Gasteiger partial charge in [-0.15, -0.1) is 0 Å². The molecule has 2 heterocycles. The topological polar surface area (TPSA) is 62.0 Å². The van der Waals surface area contributed by atoms with Crippen LogP contribution >= 0.6 is 0 Å². The van der Waals surface area contributed by atoms with Gasteiger partial charge in [0, 0.05) is 25.2 Å². The van der Waals surface area contributed by atoms with E-state index in [4.69, 9.17) is 0 Å². The lowest BCUT2D eigenvalue weighted by molar-refractivity contribution is 0.234. The van der Waals surface area contributed by atoms with Crippen LogP contribution in [0.1, 0.15) is 36.8 Å². The highest BCUT2D eigenvalue weighted by molar-refractivity contribution is 5.16. The number of rotatable bonds is 6. The summed E-state index contributed by atoms with van der Waals surface area (Å²) in [4.78, 5) is 4.71. The summed E-state index contributed by atoms with van der Waals surface area (Å²) in [7, 11) is 4.33. The van der Waals surface area contributed by atoms with Crippen molar-refractivity contribution in [1.29, 1.82) is 0 Å². The monoisotopic (exact) mass is 462 g/mol. The molecule has 2 fully saturated rings. The van der Waals surface area contributed by atoms with Crippen LogP contribution in [0.3, 0.4) is 0 Å². The van der Waals surface area contributed by atoms with Crippen LogP contribution in [0, 0.1) is 11.6 Å². The molecule has 0 amide bonds. The SMILES string of the molecule is CN1CCC(NCc2ccc(F)cc2)CC1.CN1CCC(NCc2ccc(F)cc2)CC1.O. The number of nitrogens with one attached hydrogen (secondary N) is 2. The molecule has 0 atom stereocenters. The van der Waals surface area contributed by atoms with Crippen molar-refractivity contribution >= 4 is 0 Å². The van der Waals surface area contributed by atoms with E-state index in [-0.39, 0.29) is 17.1 Å². The molecule has 0 radical (unpaired) electrons. The van der Waals surface area contributed by atoms with Crippen LogP contribution in [0.15, 0.2) is 48.5 Å². The quantitative estimate of drug-likeness (QED) is 0.692. The van der Waals surface area contributed by atoms with E-state index in [1.54, 1.807) is 0 Å². The summed E-state index contributed by atoms with van der Waals surface area (Å²) in [6.07, 6.45) is 4.82. The summed E-state index contributed by atoms with van der Waals surface area (Å²) in [5.74, 6) is -0.328. The van der Waals surface area contributed by atoms with Gasteiger partial charge in [-0.05, 0) is 101 Å². The Morgan fingerprint density at radius 2 is 0.939 bits per heavy atom. The fourth-order valence-electron chi connectivity index (χ4n) is 4.15. The fourth-order valence-corrected chi connectivity index (χ4v) is 4.15. The van der Waals surface area contributed by atoms with E-state index in [9.17, 15) is 8.78 Å². The molecule has 184 valence electrons. The van der Waals surface area contributed by atoms with Gasteiger partial charge in [-0.2, -0.15) is 0 Å². The fraction of sp³-hybridized carbons (Fsp3) is 0.538. The Morgan fingerprint density at radius 3 is 1.24 bits per heavy atom. The Morgan fingerprint density at radius 1 is 0.636 bits per heavy atom. The average molecular weight is 463 g/mol. The molecular formula is C26H40F2N4O. The standard InChI is InChI=1S/2C13H19FN2.H2O/c2*1-16-8-6-13(7-9-16)15-10-11-2-4-12(14)5-3-11;/h2*2-5,13,15H,6-10H2,1H3;1H2. The highest BCUT2D eigenvalue weighted by Gasteiger charge is 2.16. The molecule has 2 aromatic rings. The summed E-state index contributed by atoms with van der Waals surface area (Å²) in [5.41, 5.74) is 2.31. The zero-order valence-corrected chi connectivity index (χ0v) is 20.0. The second-order valence-corrected chi connectivity index (χ2v) is 9.17. The molecule has 2 aromatic carbocycles. The van der Waals surface area contributed by atoms with E-state index >= 15 is 0 Å². The summed E-state index contributed by atoms with van der Waals surface area (Å²) in [5, 5.41) is 7.06. The van der Waals surface area contributed by atoms with E-state index in [0.717, 1.165) is 24.2 Å². The van der Waals surface area contributed by atoms with E-state index in [2.05, 4.69) is 34.5 Å². The molecule has 0 unspecified atom stereocenters. The van der Waals surface area contributed by atoms with Gasteiger partial charge in [-0.25, -0.2) is 8.78 Å². The number of hydrogen-bond acceptors (Lipinski definition) is 4. The second kappa shape index (κ2) is 14.4. The molecule has 4 N–H and O–H groups in total. The van der Waals surface area contributed by atoms with Crippen LogP contribution in [0.4, 0.5) is 8.78 Å². The van der Waals surface area contributed by atoms with Crippen molar-refractivity contribution in [2.75, 3.05) is 40.3 Å². The van der Waals surface area contributed by atoms with E-state index in [1.807, 2.05) is 24.3 Å². The third-order valence-corrected chi connectivity index (χ3v) is 6.45. The maximum absolute atomic E-state index is 12.7. The summed E-state index contributed by atoms with van der Waals surface area (Å²) >= 11 is 0. The smallest absolute Gasteiger partial charge is 0.123 e. The van der Waals surface area contributed by atoms with Gasteiger partial charge < -0.3 is 25.9 Å².